The molecule has 0 atom stereocenters. The molecule has 1 aromatic rings. The van der Waals surface area contributed by atoms with E-state index in [-0.39, 0.29) is 6.03 Å². The Balaban J connectivity index is 3.02. The van der Waals surface area contributed by atoms with Gasteiger partial charge in [-0.15, -0.1) is 0 Å². The summed E-state index contributed by atoms with van der Waals surface area (Å²) in [5.41, 5.74) is 4.29. The van der Waals surface area contributed by atoms with Crippen LogP contribution in [0.4, 0.5) is 10.5 Å². The predicted octanol–water partition coefficient (Wildman–Crippen LogP) is 2.36. The molecule has 1 rings (SSSR count). The van der Waals surface area contributed by atoms with Crippen LogP contribution in [-0.4, -0.2) is 13.1 Å². The van der Waals surface area contributed by atoms with Gasteiger partial charge in [0.1, 0.15) is 0 Å². The number of urea groups is 1. The maximum atomic E-state index is 11.1. The van der Waals surface area contributed by atoms with Crippen LogP contribution in [0.5, 0.6) is 0 Å². The Bertz CT molecular complexity index is 335. The lowest BCUT2D eigenvalue weighted by molar-refractivity contribution is 0.254. The Kier molecular flexibility index (Phi) is 3.12. The average Bonchev–Trinajstić information content (AvgIpc) is 2.10. The first-order valence-electron chi connectivity index (χ1n) is 4.61. The number of benzene rings is 1. The molecular weight excluding hydrogens is 176 g/mol. The lowest BCUT2D eigenvalue weighted by Crippen LogP contribution is -2.25. The Morgan fingerprint density at radius 1 is 1.14 bits per heavy atom. The molecule has 0 saturated carbocycles. The highest BCUT2D eigenvalue weighted by Crippen LogP contribution is 2.21. The number of amides is 2. The number of aryl methyl sites for hydroxylation is 3. The normalized spacial score (nSPS) is 9.71. The Morgan fingerprint density at radius 3 is 2.07 bits per heavy atom. The number of carbonyl (C=O) groups is 1. The van der Waals surface area contributed by atoms with Crippen molar-refractivity contribution in [3.05, 3.63) is 28.8 Å². The van der Waals surface area contributed by atoms with Gasteiger partial charge in [-0.05, 0) is 31.9 Å². The van der Waals surface area contributed by atoms with Gasteiger partial charge in [-0.25, -0.2) is 4.79 Å². The van der Waals surface area contributed by atoms with E-state index in [0.29, 0.717) is 0 Å². The quantitative estimate of drug-likeness (QED) is 0.704. The molecule has 0 aliphatic heterocycles. The number of nitrogens with one attached hydrogen (secondary N) is 2. The number of hydrogen-bond donors (Lipinski definition) is 2. The Labute approximate surface area is 84.5 Å². The highest BCUT2D eigenvalue weighted by atomic mass is 16.2. The third-order valence-corrected chi connectivity index (χ3v) is 2.14. The van der Waals surface area contributed by atoms with Gasteiger partial charge < -0.3 is 10.6 Å². The summed E-state index contributed by atoms with van der Waals surface area (Å²) in [5, 5.41) is 5.34. The molecule has 2 N–H and O–H groups in total. The van der Waals surface area contributed by atoms with E-state index in [0.717, 1.165) is 16.8 Å². The van der Waals surface area contributed by atoms with E-state index in [9.17, 15) is 4.79 Å². The van der Waals surface area contributed by atoms with Crippen molar-refractivity contribution < 1.29 is 4.79 Å². The molecule has 3 heteroatoms. The first kappa shape index (κ1) is 10.6. The van der Waals surface area contributed by atoms with Crippen LogP contribution in [0.3, 0.4) is 0 Å². The van der Waals surface area contributed by atoms with Crippen LogP contribution < -0.4 is 10.6 Å². The van der Waals surface area contributed by atoms with Gasteiger partial charge in [0.15, 0.2) is 0 Å². The summed E-state index contributed by atoms with van der Waals surface area (Å²) in [7, 11) is 1.61. The van der Waals surface area contributed by atoms with Crippen molar-refractivity contribution >= 4 is 11.7 Å². The molecule has 0 bridgehead atoms. The summed E-state index contributed by atoms with van der Waals surface area (Å²) in [6.07, 6.45) is 0. The minimum atomic E-state index is -0.181. The molecule has 0 fully saturated rings. The van der Waals surface area contributed by atoms with Crippen molar-refractivity contribution in [2.24, 2.45) is 0 Å². The van der Waals surface area contributed by atoms with Gasteiger partial charge in [0, 0.05) is 12.7 Å². The summed E-state index contributed by atoms with van der Waals surface area (Å²) in [4.78, 5) is 11.1. The molecule has 0 aliphatic carbocycles. The molecule has 0 aromatic heterocycles. The summed E-state index contributed by atoms with van der Waals surface area (Å²) in [6.45, 7) is 6.03. The van der Waals surface area contributed by atoms with E-state index in [4.69, 9.17) is 0 Å². The highest BCUT2D eigenvalue weighted by Gasteiger charge is 2.05. The van der Waals surface area contributed by atoms with Crippen molar-refractivity contribution in [3.8, 4) is 0 Å². The summed E-state index contributed by atoms with van der Waals surface area (Å²) < 4.78 is 0. The van der Waals surface area contributed by atoms with E-state index in [1.807, 2.05) is 20.8 Å². The molecule has 0 radical (unpaired) electrons. The van der Waals surface area contributed by atoms with Gasteiger partial charge in [-0.1, -0.05) is 17.7 Å². The van der Waals surface area contributed by atoms with E-state index < -0.39 is 0 Å². The third kappa shape index (κ3) is 2.25. The molecule has 76 valence electrons. The second-order valence-corrected chi connectivity index (χ2v) is 3.48. The first-order valence-corrected chi connectivity index (χ1v) is 4.61. The zero-order valence-corrected chi connectivity index (χ0v) is 9.06. The smallest absolute Gasteiger partial charge is 0.318 e. The van der Waals surface area contributed by atoms with Crippen LogP contribution in [0.25, 0.3) is 0 Å². The van der Waals surface area contributed by atoms with Crippen LogP contribution in [-0.2, 0) is 0 Å². The van der Waals surface area contributed by atoms with Gasteiger partial charge in [0.2, 0.25) is 0 Å². The molecule has 14 heavy (non-hydrogen) atoms. The zero-order valence-electron chi connectivity index (χ0n) is 9.06. The fourth-order valence-electron chi connectivity index (χ4n) is 1.55. The first-order chi connectivity index (χ1) is 6.54. The van der Waals surface area contributed by atoms with Gasteiger partial charge in [0.05, 0.1) is 0 Å². The molecular formula is C11H16N2O. The monoisotopic (exact) mass is 192 g/mol. The average molecular weight is 192 g/mol. The van der Waals surface area contributed by atoms with Crippen molar-refractivity contribution in [1.82, 2.24) is 5.32 Å². The predicted molar refractivity (Wildman–Crippen MR) is 58.7 cm³/mol. The molecule has 0 aliphatic rings. The number of carbonyl (C=O) groups excluding carboxylic acids is 1. The Hall–Kier alpha value is -1.51. The molecule has 0 unspecified atom stereocenters. The van der Waals surface area contributed by atoms with E-state index >= 15 is 0 Å². The maximum absolute atomic E-state index is 11.1. The van der Waals surface area contributed by atoms with Crippen molar-refractivity contribution in [3.63, 3.8) is 0 Å². The lowest BCUT2D eigenvalue weighted by atomic mass is 10.1. The molecule has 0 saturated heterocycles. The summed E-state index contributed by atoms with van der Waals surface area (Å²) in [6, 6.07) is 3.93. The van der Waals surface area contributed by atoms with Gasteiger partial charge in [-0.2, -0.15) is 0 Å². The van der Waals surface area contributed by atoms with E-state index in [1.54, 1.807) is 7.05 Å². The molecule has 3 nitrogen and oxygen atoms in total. The maximum Gasteiger partial charge on any atom is 0.318 e. The van der Waals surface area contributed by atoms with Crippen LogP contribution in [0.2, 0.25) is 0 Å². The number of rotatable bonds is 1. The summed E-state index contributed by atoms with van der Waals surface area (Å²) in [5.74, 6) is 0. The fraction of sp³-hybridized carbons (Fsp3) is 0.364. The number of anilines is 1. The molecule has 2 amide bonds. The molecule has 0 heterocycles. The highest BCUT2D eigenvalue weighted by molar-refractivity contribution is 5.90. The second-order valence-electron chi connectivity index (χ2n) is 3.48. The Morgan fingerprint density at radius 2 is 1.64 bits per heavy atom. The SMILES string of the molecule is CNC(=O)Nc1c(C)cc(C)cc1C. The van der Waals surface area contributed by atoms with Crippen LogP contribution in [0.15, 0.2) is 12.1 Å². The van der Waals surface area contributed by atoms with Crippen LogP contribution in [0, 0.1) is 20.8 Å². The van der Waals surface area contributed by atoms with E-state index in [2.05, 4.69) is 22.8 Å². The van der Waals surface area contributed by atoms with Crippen molar-refractivity contribution in [2.45, 2.75) is 20.8 Å². The standard InChI is InChI=1S/C11H16N2O/c1-7-5-8(2)10(9(3)6-7)13-11(14)12-4/h5-6H,1-4H3,(H2,12,13,14). The van der Waals surface area contributed by atoms with Crippen molar-refractivity contribution in [1.29, 1.82) is 0 Å². The fourth-order valence-corrected chi connectivity index (χ4v) is 1.55. The molecule has 0 spiro atoms. The van der Waals surface area contributed by atoms with E-state index in [1.165, 1.54) is 5.56 Å². The van der Waals surface area contributed by atoms with Gasteiger partial charge in [0.25, 0.3) is 0 Å². The molecule has 1 aromatic carbocycles. The lowest BCUT2D eigenvalue weighted by Gasteiger charge is -2.12. The largest absolute Gasteiger partial charge is 0.341 e. The van der Waals surface area contributed by atoms with Gasteiger partial charge >= 0.3 is 6.03 Å². The number of hydrogen-bond acceptors (Lipinski definition) is 1. The van der Waals surface area contributed by atoms with Crippen molar-refractivity contribution in [2.75, 3.05) is 12.4 Å². The minimum Gasteiger partial charge on any atom is -0.341 e. The zero-order chi connectivity index (χ0) is 10.7. The second kappa shape index (κ2) is 4.13. The van der Waals surface area contributed by atoms with Crippen LogP contribution in [0.1, 0.15) is 16.7 Å². The topological polar surface area (TPSA) is 41.1 Å². The third-order valence-electron chi connectivity index (χ3n) is 2.14. The van der Waals surface area contributed by atoms with Crippen LogP contribution >= 0.6 is 0 Å². The van der Waals surface area contributed by atoms with Gasteiger partial charge in [-0.3, -0.25) is 0 Å². The minimum absolute atomic E-state index is 0.181. The summed E-state index contributed by atoms with van der Waals surface area (Å²) >= 11 is 0.